The Morgan fingerprint density at radius 2 is 1.62 bits per heavy atom. The molecule has 5 aromatic rings. The summed E-state index contributed by atoms with van der Waals surface area (Å²) in [4.78, 5) is 21.7. The molecule has 0 aliphatic rings. The first-order chi connectivity index (χ1) is 20.1. The molecule has 0 radical (unpaired) electrons. The summed E-state index contributed by atoms with van der Waals surface area (Å²) in [7, 11) is -2.71. The van der Waals surface area contributed by atoms with Gasteiger partial charge in [0.05, 0.1) is 40.2 Å². The minimum atomic E-state index is -4.21. The third kappa shape index (κ3) is 6.55. The van der Waals surface area contributed by atoms with E-state index in [0.717, 1.165) is 0 Å². The molecule has 1 amide bonds. The topological polar surface area (TPSA) is 143 Å². The Morgan fingerprint density at radius 1 is 0.881 bits per heavy atom. The summed E-state index contributed by atoms with van der Waals surface area (Å²) in [5.74, 6) is 0.00554. The van der Waals surface area contributed by atoms with Crippen LogP contribution in [0.25, 0.3) is 11.0 Å². The first-order valence-electron chi connectivity index (χ1n) is 12.4. The van der Waals surface area contributed by atoms with Crippen LogP contribution in [0, 0.1) is 0 Å². The van der Waals surface area contributed by atoms with E-state index in [1.807, 2.05) is 0 Å². The Labute approximate surface area is 251 Å². The van der Waals surface area contributed by atoms with Crippen LogP contribution in [-0.4, -0.2) is 36.5 Å². The number of anilines is 4. The molecule has 5 rings (SSSR count). The Kier molecular flexibility index (Phi) is 8.46. The summed E-state index contributed by atoms with van der Waals surface area (Å²) in [6.45, 7) is -0.230. The number of aromatic nitrogens is 2. The summed E-state index contributed by atoms with van der Waals surface area (Å²) in [6.07, 6.45) is 0. The number of nitrogens with one attached hydrogen (secondary N) is 3. The number of fused-ring (bicyclic) bond motifs is 1. The first-order valence-corrected chi connectivity index (χ1v) is 14.6. The number of para-hydroxylation sites is 2. The van der Waals surface area contributed by atoms with Gasteiger partial charge in [0.15, 0.2) is 11.6 Å². The van der Waals surface area contributed by atoms with E-state index in [0.29, 0.717) is 33.1 Å². The number of methoxy groups -OCH3 is 1. The molecule has 42 heavy (non-hydrogen) atoms. The quantitative estimate of drug-likeness (QED) is 0.151. The van der Waals surface area contributed by atoms with Crippen LogP contribution in [0.2, 0.25) is 10.0 Å². The van der Waals surface area contributed by atoms with Crippen LogP contribution in [0.5, 0.6) is 5.75 Å². The molecule has 13 heteroatoms. The van der Waals surface area contributed by atoms with Crippen LogP contribution in [0.4, 0.5) is 23.0 Å². The number of carbonyl (C=O) groups excluding carboxylic acids is 1. The van der Waals surface area contributed by atoms with Gasteiger partial charge in [-0.15, -0.1) is 0 Å². The average molecular weight is 625 g/mol. The Hall–Kier alpha value is -4.42. The van der Waals surface area contributed by atoms with Gasteiger partial charge in [-0.1, -0.05) is 41.4 Å². The van der Waals surface area contributed by atoms with E-state index in [1.54, 1.807) is 48.5 Å². The van der Waals surface area contributed by atoms with Gasteiger partial charge >= 0.3 is 0 Å². The van der Waals surface area contributed by atoms with Crippen LogP contribution >= 0.6 is 23.2 Å². The number of halogens is 2. The molecule has 0 fully saturated rings. The zero-order valence-corrected chi connectivity index (χ0v) is 24.3. The van der Waals surface area contributed by atoms with E-state index in [9.17, 15) is 18.3 Å². The fourth-order valence-corrected chi connectivity index (χ4v) is 5.59. The first kappa shape index (κ1) is 29.1. The summed E-state index contributed by atoms with van der Waals surface area (Å²) in [6, 6.07) is 22.2. The van der Waals surface area contributed by atoms with Gasteiger partial charge in [-0.2, -0.15) is 0 Å². The number of hydrogen-bond donors (Lipinski definition) is 4. The van der Waals surface area contributed by atoms with Gasteiger partial charge < -0.3 is 20.5 Å². The van der Waals surface area contributed by atoms with Gasteiger partial charge in [0.25, 0.3) is 15.9 Å². The lowest BCUT2D eigenvalue weighted by Gasteiger charge is -2.15. The van der Waals surface area contributed by atoms with Crippen molar-refractivity contribution >= 4 is 73.2 Å². The van der Waals surface area contributed by atoms with E-state index >= 15 is 0 Å². The van der Waals surface area contributed by atoms with E-state index in [1.165, 1.54) is 43.5 Å². The van der Waals surface area contributed by atoms with E-state index in [-0.39, 0.29) is 39.4 Å². The standard InChI is InChI=1S/C29H23Cl2N5O5S/c1-41-21-12-17(16-37)11-20(14-21)32-27-28(35-26-8-3-2-7-25(26)34-27)36-42(39,40)22-6-4-5-19(15-22)33-29(38)23-10-9-18(30)13-24(23)31/h2-15,37H,16H2,1H3,(H,32,34)(H,33,38)(H,35,36). The smallest absolute Gasteiger partial charge is 0.263 e. The number of amides is 1. The number of benzene rings is 4. The number of aliphatic hydroxyl groups is 1. The molecular formula is C29H23Cl2N5O5S. The molecule has 0 bridgehead atoms. The molecule has 10 nitrogen and oxygen atoms in total. The summed E-state index contributed by atoms with van der Waals surface area (Å²) in [5, 5.41) is 15.9. The van der Waals surface area contributed by atoms with Gasteiger partial charge in [-0.3, -0.25) is 9.52 Å². The van der Waals surface area contributed by atoms with Crippen molar-refractivity contribution in [1.29, 1.82) is 0 Å². The lowest BCUT2D eigenvalue weighted by atomic mass is 10.2. The molecule has 4 N–H and O–H groups in total. The lowest BCUT2D eigenvalue weighted by Crippen LogP contribution is -2.17. The molecule has 1 heterocycles. The van der Waals surface area contributed by atoms with Crippen molar-refractivity contribution in [3.63, 3.8) is 0 Å². The number of hydrogen-bond acceptors (Lipinski definition) is 8. The van der Waals surface area contributed by atoms with Crippen LogP contribution in [0.15, 0.2) is 89.8 Å². The van der Waals surface area contributed by atoms with Crippen molar-refractivity contribution in [3.8, 4) is 5.75 Å². The predicted octanol–water partition coefficient (Wildman–Crippen LogP) is 6.23. The average Bonchev–Trinajstić information content (AvgIpc) is 2.97. The van der Waals surface area contributed by atoms with Crippen molar-refractivity contribution in [2.75, 3.05) is 22.5 Å². The van der Waals surface area contributed by atoms with Crippen molar-refractivity contribution in [2.45, 2.75) is 11.5 Å². The van der Waals surface area contributed by atoms with Gasteiger partial charge in [0.2, 0.25) is 0 Å². The van der Waals surface area contributed by atoms with Gasteiger partial charge in [-0.05, 0) is 66.2 Å². The van der Waals surface area contributed by atoms with Crippen LogP contribution in [0.3, 0.4) is 0 Å². The highest BCUT2D eigenvalue weighted by Gasteiger charge is 2.21. The molecule has 0 aliphatic heterocycles. The second-order valence-corrected chi connectivity index (χ2v) is 11.5. The van der Waals surface area contributed by atoms with Gasteiger partial charge in [0.1, 0.15) is 5.75 Å². The van der Waals surface area contributed by atoms with Gasteiger partial charge in [0, 0.05) is 22.5 Å². The monoisotopic (exact) mass is 623 g/mol. The summed E-state index contributed by atoms with van der Waals surface area (Å²) >= 11 is 12.1. The van der Waals surface area contributed by atoms with Crippen molar-refractivity contribution < 1.29 is 23.1 Å². The molecule has 1 aromatic heterocycles. The second kappa shape index (κ2) is 12.2. The van der Waals surface area contributed by atoms with E-state index in [4.69, 9.17) is 27.9 Å². The largest absolute Gasteiger partial charge is 0.497 e. The highest BCUT2D eigenvalue weighted by atomic mass is 35.5. The zero-order valence-electron chi connectivity index (χ0n) is 21.9. The summed E-state index contributed by atoms with van der Waals surface area (Å²) < 4.78 is 34.9. The van der Waals surface area contributed by atoms with Crippen molar-refractivity contribution in [1.82, 2.24) is 9.97 Å². The second-order valence-electron chi connectivity index (χ2n) is 8.97. The number of rotatable bonds is 9. The maximum atomic E-state index is 13.5. The number of aliphatic hydroxyl groups excluding tert-OH is 1. The molecular weight excluding hydrogens is 601 g/mol. The van der Waals surface area contributed by atoms with Crippen LogP contribution < -0.4 is 20.1 Å². The van der Waals surface area contributed by atoms with E-state index < -0.39 is 15.9 Å². The number of ether oxygens (including phenoxy) is 1. The van der Waals surface area contributed by atoms with Crippen LogP contribution in [0.1, 0.15) is 15.9 Å². The predicted molar refractivity (Wildman–Crippen MR) is 163 cm³/mol. The highest BCUT2D eigenvalue weighted by Crippen LogP contribution is 2.30. The maximum Gasteiger partial charge on any atom is 0.263 e. The molecule has 0 spiro atoms. The third-order valence-electron chi connectivity index (χ3n) is 6.03. The molecule has 4 aromatic carbocycles. The molecule has 0 unspecified atom stereocenters. The minimum absolute atomic E-state index is 0.0653. The molecule has 0 saturated carbocycles. The molecule has 0 atom stereocenters. The normalized spacial score (nSPS) is 11.2. The van der Waals surface area contributed by atoms with Crippen molar-refractivity contribution in [3.05, 3.63) is 106 Å². The van der Waals surface area contributed by atoms with E-state index in [2.05, 4.69) is 25.3 Å². The maximum absolute atomic E-state index is 13.5. The Balaban J connectivity index is 1.47. The van der Waals surface area contributed by atoms with Crippen molar-refractivity contribution in [2.24, 2.45) is 0 Å². The zero-order chi connectivity index (χ0) is 29.9. The fraction of sp³-hybridized carbons (Fsp3) is 0.0690. The lowest BCUT2D eigenvalue weighted by molar-refractivity contribution is 0.102. The Morgan fingerprint density at radius 3 is 2.31 bits per heavy atom. The molecule has 0 saturated heterocycles. The molecule has 0 aliphatic carbocycles. The fourth-order valence-electron chi connectivity index (χ4n) is 4.04. The Bertz CT molecular complexity index is 1900. The van der Waals surface area contributed by atoms with Crippen LogP contribution in [-0.2, 0) is 16.6 Å². The third-order valence-corrected chi connectivity index (χ3v) is 7.91. The molecule has 214 valence electrons. The SMILES string of the molecule is COc1cc(CO)cc(Nc2nc3ccccc3nc2NS(=O)(=O)c2cccc(NC(=O)c3ccc(Cl)cc3Cl)c2)c1. The number of sulfonamides is 1. The summed E-state index contributed by atoms with van der Waals surface area (Å²) in [5.41, 5.74) is 2.46. The number of nitrogens with zero attached hydrogens (tertiary/aromatic N) is 2. The minimum Gasteiger partial charge on any atom is -0.497 e. The highest BCUT2D eigenvalue weighted by molar-refractivity contribution is 7.92. The van der Waals surface area contributed by atoms with Gasteiger partial charge in [-0.25, -0.2) is 18.4 Å². The number of carbonyl (C=O) groups is 1.